The maximum Gasteiger partial charge on any atom is 0.188 e. The van der Waals surface area contributed by atoms with Crippen LogP contribution in [0.25, 0.3) is 0 Å². The van der Waals surface area contributed by atoms with Crippen molar-refractivity contribution in [1.82, 2.24) is 0 Å². The molecule has 3 heteroatoms. The maximum absolute atomic E-state index is 4.86. The minimum atomic E-state index is -0.108. The van der Waals surface area contributed by atoms with Crippen molar-refractivity contribution in [2.24, 2.45) is 0 Å². The largest absolute Gasteiger partial charge is 0.336 e. The Morgan fingerprint density at radius 2 is 2.10 bits per heavy atom. The molecular weight excluding hydrogens is 196 g/mol. The number of rotatable bonds is 0. The van der Waals surface area contributed by atoms with Crippen LogP contribution in [-0.2, 0) is 4.89 Å². The molecule has 1 unspecified atom stereocenters. The molecule has 52 valence electrons. The summed E-state index contributed by atoms with van der Waals surface area (Å²) >= 11 is 3.29. The first-order chi connectivity index (χ1) is 4.88. The molecule has 1 atom stereocenters. The zero-order valence-electron chi connectivity index (χ0n) is 5.08. The first-order valence-electron chi connectivity index (χ1n) is 2.94. The normalized spacial score (nSPS) is 21.9. The Bertz CT molecular complexity index is 249. The van der Waals surface area contributed by atoms with E-state index >= 15 is 0 Å². The van der Waals surface area contributed by atoms with E-state index in [1.807, 2.05) is 24.3 Å². The fourth-order valence-corrected chi connectivity index (χ4v) is 1.34. The summed E-state index contributed by atoms with van der Waals surface area (Å²) in [5.74, 6) is 0.796. The highest BCUT2D eigenvalue weighted by molar-refractivity contribution is 9.09. The monoisotopic (exact) mass is 200 g/mol. The number of fused-ring (bicyclic) bond motifs is 1. The van der Waals surface area contributed by atoms with Crippen LogP contribution in [0.15, 0.2) is 24.3 Å². The average Bonchev–Trinajstić information content (AvgIpc) is 2.34. The van der Waals surface area contributed by atoms with Crippen LogP contribution in [-0.4, -0.2) is 0 Å². The van der Waals surface area contributed by atoms with E-state index in [0.29, 0.717) is 0 Å². The summed E-state index contributed by atoms with van der Waals surface area (Å²) in [6.07, 6.45) is 0. The number of alkyl halides is 1. The standard InChI is InChI=1S/C7H5BrO2/c8-7-5-3-1-2-4-6(5)9-10-7/h1-4,7H. The van der Waals surface area contributed by atoms with Gasteiger partial charge in [-0.25, -0.2) is 0 Å². The summed E-state index contributed by atoms with van der Waals surface area (Å²) in [5, 5.41) is -0.108. The van der Waals surface area contributed by atoms with Crippen molar-refractivity contribution in [1.29, 1.82) is 0 Å². The number of hydrogen-bond donors (Lipinski definition) is 0. The Morgan fingerprint density at radius 1 is 1.30 bits per heavy atom. The van der Waals surface area contributed by atoms with E-state index in [4.69, 9.17) is 9.78 Å². The van der Waals surface area contributed by atoms with Crippen LogP contribution >= 0.6 is 15.9 Å². The third-order valence-corrected chi connectivity index (χ3v) is 2.03. The molecule has 1 aromatic rings. The van der Waals surface area contributed by atoms with E-state index in [-0.39, 0.29) is 5.01 Å². The van der Waals surface area contributed by atoms with Crippen LogP contribution in [0.1, 0.15) is 10.6 Å². The van der Waals surface area contributed by atoms with E-state index in [2.05, 4.69) is 15.9 Å². The van der Waals surface area contributed by atoms with Crippen molar-refractivity contribution in [3.8, 4) is 5.75 Å². The second-order valence-corrected chi connectivity index (χ2v) is 2.87. The van der Waals surface area contributed by atoms with Gasteiger partial charge < -0.3 is 4.89 Å². The second kappa shape index (κ2) is 2.25. The van der Waals surface area contributed by atoms with Crippen molar-refractivity contribution in [2.45, 2.75) is 5.01 Å². The molecular formula is C7H5BrO2. The molecule has 1 aliphatic rings. The van der Waals surface area contributed by atoms with Gasteiger partial charge in [0.25, 0.3) is 0 Å². The average molecular weight is 201 g/mol. The molecule has 10 heavy (non-hydrogen) atoms. The van der Waals surface area contributed by atoms with Gasteiger partial charge in [-0.3, -0.25) is 0 Å². The van der Waals surface area contributed by atoms with Gasteiger partial charge in [-0.15, -0.1) is 0 Å². The Labute approximate surface area is 66.8 Å². The van der Waals surface area contributed by atoms with E-state index in [1.165, 1.54) is 0 Å². The highest BCUT2D eigenvalue weighted by Crippen LogP contribution is 2.37. The molecule has 0 aliphatic carbocycles. The molecule has 1 heterocycles. The lowest BCUT2D eigenvalue weighted by Gasteiger charge is -1.92. The van der Waals surface area contributed by atoms with Gasteiger partial charge in [0.15, 0.2) is 10.8 Å². The summed E-state index contributed by atoms with van der Waals surface area (Å²) in [6, 6.07) is 7.69. The lowest BCUT2D eigenvalue weighted by molar-refractivity contribution is -0.195. The molecule has 0 fully saturated rings. The van der Waals surface area contributed by atoms with Crippen molar-refractivity contribution in [2.75, 3.05) is 0 Å². The van der Waals surface area contributed by atoms with Gasteiger partial charge in [0.05, 0.1) is 0 Å². The molecule has 1 aliphatic heterocycles. The van der Waals surface area contributed by atoms with E-state index in [1.54, 1.807) is 0 Å². The molecule has 0 saturated heterocycles. The van der Waals surface area contributed by atoms with E-state index in [0.717, 1.165) is 11.3 Å². The summed E-state index contributed by atoms with van der Waals surface area (Å²) in [5.41, 5.74) is 1.04. The highest BCUT2D eigenvalue weighted by atomic mass is 79.9. The Kier molecular flexibility index (Phi) is 1.39. The quantitative estimate of drug-likeness (QED) is 0.474. The fraction of sp³-hybridized carbons (Fsp3) is 0.143. The summed E-state index contributed by atoms with van der Waals surface area (Å²) in [6.45, 7) is 0. The molecule has 2 nitrogen and oxygen atoms in total. The number of halogens is 1. The predicted octanol–water partition coefficient (Wildman–Crippen LogP) is 2.40. The minimum absolute atomic E-state index is 0.108. The van der Waals surface area contributed by atoms with Crippen LogP contribution in [0.3, 0.4) is 0 Å². The van der Waals surface area contributed by atoms with Gasteiger partial charge in [0, 0.05) is 5.56 Å². The topological polar surface area (TPSA) is 18.5 Å². The van der Waals surface area contributed by atoms with Gasteiger partial charge in [0.2, 0.25) is 0 Å². The van der Waals surface area contributed by atoms with Gasteiger partial charge in [-0.1, -0.05) is 18.2 Å². The number of hydrogen-bond acceptors (Lipinski definition) is 2. The molecule has 2 rings (SSSR count). The van der Waals surface area contributed by atoms with Crippen molar-refractivity contribution >= 4 is 15.9 Å². The molecule has 0 bridgehead atoms. The zero-order valence-corrected chi connectivity index (χ0v) is 6.67. The first-order valence-corrected chi connectivity index (χ1v) is 3.86. The van der Waals surface area contributed by atoms with Crippen LogP contribution < -0.4 is 4.89 Å². The Morgan fingerprint density at radius 3 is 2.90 bits per heavy atom. The SMILES string of the molecule is BrC1OOc2ccccc21. The van der Waals surface area contributed by atoms with Crippen LogP contribution in [0.2, 0.25) is 0 Å². The lowest BCUT2D eigenvalue weighted by atomic mass is 10.2. The van der Waals surface area contributed by atoms with E-state index < -0.39 is 0 Å². The van der Waals surface area contributed by atoms with Crippen LogP contribution in [0, 0.1) is 0 Å². The van der Waals surface area contributed by atoms with Crippen molar-refractivity contribution in [3.63, 3.8) is 0 Å². The van der Waals surface area contributed by atoms with Crippen LogP contribution in [0.4, 0.5) is 0 Å². The Hall–Kier alpha value is -0.540. The molecule has 1 aromatic carbocycles. The minimum Gasteiger partial charge on any atom is -0.336 e. The Balaban J connectivity index is 2.51. The van der Waals surface area contributed by atoms with Crippen LogP contribution in [0.5, 0.6) is 5.75 Å². The summed E-state index contributed by atoms with van der Waals surface area (Å²) in [4.78, 5) is 9.70. The highest BCUT2D eigenvalue weighted by Gasteiger charge is 2.21. The van der Waals surface area contributed by atoms with Gasteiger partial charge in [-0.05, 0) is 22.0 Å². The smallest absolute Gasteiger partial charge is 0.188 e. The fourth-order valence-electron chi connectivity index (χ4n) is 0.890. The molecule has 0 radical (unpaired) electrons. The van der Waals surface area contributed by atoms with Crippen molar-refractivity contribution in [3.05, 3.63) is 29.8 Å². The van der Waals surface area contributed by atoms with Gasteiger partial charge >= 0.3 is 0 Å². The number of para-hydroxylation sites is 1. The molecule has 0 aromatic heterocycles. The lowest BCUT2D eigenvalue weighted by Crippen LogP contribution is -1.85. The zero-order chi connectivity index (χ0) is 6.97. The molecule has 0 saturated carbocycles. The molecule has 0 amide bonds. The first kappa shape index (κ1) is 6.19. The molecule has 0 spiro atoms. The third-order valence-electron chi connectivity index (χ3n) is 1.39. The van der Waals surface area contributed by atoms with Crippen molar-refractivity contribution < 1.29 is 9.78 Å². The van der Waals surface area contributed by atoms with Gasteiger partial charge in [0.1, 0.15) is 0 Å². The summed E-state index contributed by atoms with van der Waals surface area (Å²) in [7, 11) is 0. The van der Waals surface area contributed by atoms with Gasteiger partial charge in [-0.2, -0.15) is 4.89 Å². The maximum atomic E-state index is 4.86. The van der Waals surface area contributed by atoms with E-state index in [9.17, 15) is 0 Å². The second-order valence-electron chi connectivity index (χ2n) is 2.03. The summed E-state index contributed by atoms with van der Waals surface area (Å²) < 4.78 is 0. The number of benzene rings is 1. The molecule has 0 N–H and O–H groups in total. The third kappa shape index (κ3) is 0.822. The predicted molar refractivity (Wildman–Crippen MR) is 39.8 cm³/mol.